The fourth-order valence-electron chi connectivity index (χ4n) is 3.69. The SMILES string of the molecule is CCC1(N2CCCN(C(=O)OC(C)(C)C)CC2)CCNCC1. The molecule has 2 heterocycles. The summed E-state index contributed by atoms with van der Waals surface area (Å²) in [6.45, 7) is 14.0. The molecular formula is C17H33N3O2. The molecule has 5 heteroatoms. The summed E-state index contributed by atoms with van der Waals surface area (Å²) in [7, 11) is 0. The molecule has 22 heavy (non-hydrogen) atoms. The lowest BCUT2D eigenvalue weighted by Gasteiger charge is -2.46. The van der Waals surface area contributed by atoms with Crippen LogP contribution in [0.1, 0.15) is 53.4 Å². The number of hydrogen-bond donors (Lipinski definition) is 1. The fraction of sp³-hybridized carbons (Fsp3) is 0.941. The zero-order chi connectivity index (χ0) is 16.2. The Morgan fingerprint density at radius 1 is 1.14 bits per heavy atom. The monoisotopic (exact) mass is 311 g/mol. The van der Waals surface area contributed by atoms with Gasteiger partial charge in [-0.3, -0.25) is 4.90 Å². The van der Waals surface area contributed by atoms with Gasteiger partial charge in [-0.15, -0.1) is 0 Å². The second-order valence-corrected chi connectivity index (χ2v) is 7.64. The standard InChI is InChI=1S/C17H33N3O2/c1-5-17(7-9-18-10-8-17)20-12-6-11-19(13-14-20)15(21)22-16(2,3)4/h18H,5-14H2,1-4H3. The van der Waals surface area contributed by atoms with Gasteiger partial charge in [-0.05, 0) is 59.5 Å². The van der Waals surface area contributed by atoms with Crippen molar-refractivity contribution in [3.63, 3.8) is 0 Å². The number of rotatable bonds is 2. The first kappa shape index (κ1) is 17.5. The van der Waals surface area contributed by atoms with Crippen LogP contribution in [0.25, 0.3) is 0 Å². The van der Waals surface area contributed by atoms with E-state index in [1.807, 2.05) is 25.7 Å². The third-order valence-corrected chi connectivity index (χ3v) is 5.01. The molecule has 5 nitrogen and oxygen atoms in total. The van der Waals surface area contributed by atoms with Crippen molar-refractivity contribution < 1.29 is 9.53 Å². The summed E-state index contributed by atoms with van der Waals surface area (Å²) in [4.78, 5) is 16.8. The van der Waals surface area contributed by atoms with Gasteiger partial charge >= 0.3 is 6.09 Å². The van der Waals surface area contributed by atoms with E-state index < -0.39 is 5.60 Å². The summed E-state index contributed by atoms with van der Waals surface area (Å²) in [6, 6.07) is 0. The molecule has 2 aliphatic rings. The fourth-order valence-corrected chi connectivity index (χ4v) is 3.69. The van der Waals surface area contributed by atoms with Crippen LogP contribution in [0.15, 0.2) is 0 Å². The van der Waals surface area contributed by atoms with Crippen molar-refractivity contribution in [1.29, 1.82) is 0 Å². The Bertz CT molecular complexity index is 373. The summed E-state index contributed by atoms with van der Waals surface area (Å²) >= 11 is 0. The number of piperidine rings is 1. The Morgan fingerprint density at radius 2 is 1.82 bits per heavy atom. The van der Waals surface area contributed by atoms with Gasteiger partial charge in [-0.2, -0.15) is 0 Å². The zero-order valence-corrected chi connectivity index (χ0v) is 14.8. The van der Waals surface area contributed by atoms with Crippen LogP contribution < -0.4 is 5.32 Å². The average Bonchev–Trinajstić information content (AvgIpc) is 2.72. The quantitative estimate of drug-likeness (QED) is 0.851. The average molecular weight is 311 g/mol. The van der Waals surface area contributed by atoms with Crippen LogP contribution in [0.4, 0.5) is 4.79 Å². The number of carbonyl (C=O) groups is 1. The van der Waals surface area contributed by atoms with Crippen LogP contribution in [0.5, 0.6) is 0 Å². The molecule has 0 aliphatic carbocycles. The maximum Gasteiger partial charge on any atom is 0.410 e. The largest absolute Gasteiger partial charge is 0.444 e. The summed E-state index contributed by atoms with van der Waals surface area (Å²) in [5.74, 6) is 0. The van der Waals surface area contributed by atoms with E-state index in [4.69, 9.17) is 4.74 Å². The topological polar surface area (TPSA) is 44.8 Å². The van der Waals surface area contributed by atoms with Crippen molar-refractivity contribution in [3.8, 4) is 0 Å². The summed E-state index contributed by atoms with van der Waals surface area (Å²) in [5.41, 5.74) is -0.0854. The van der Waals surface area contributed by atoms with Crippen molar-refractivity contribution in [2.45, 2.75) is 64.5 Å². The minimum absolute atomic E-state index is 0.162. The van der Waals surface area contributed by atoms with Gasteiger partial charge in [-0.1, -0.05) is 6.92 Å². The molecule has 2 fully saturated rings. The molecule has 0 bridgehead atoms. The number of amides is 1. The smallest absolute Gasteiger partial charge is 0.410 e. The van der Waals surface area contributed by atoms with E-state index in [0.29, 0.717) is 5.54 Å². The first-order valence-corrected chi connectivity index (χ1v) is 8.80. The van der Waals surface area contributed by atoms with Gasteiger partial charge in [0, 0.05) is 31.7 Å². The van der Waals surface area contributed by atoms with Gasteiger partial charge in [-0.25, -0.2) is 4.79 Å². The minimum Gasteiger partial charge on any atom is -0.444 e. The van der Waals surface area contributed by atoms with E-state index in [2.05, 4.69) is 17.1 Å². The first-order valence-electron chi connectivity index (χ1n) is 8.80. The second kappa shape index (κ2) is 7.18. The van der Waals surface area contributed by atoms with Gasteiger partial charge in [0.1, 0.15) is 5.60 Å². The van der Waals surface area contributed by atoms with Crippen LogP contribution in [-0.4, -0.2) is 66.3 Å². The Hall–Kier alpha value is -0.810. The third kappa shape index (κ3) is 4.35. The Labute approximate surface area is 135 Å². The van der Waals surface area contributed by atoms with Gasteiger partial charge in [0.25, 0.3) is 0 Å². The van der Waals surface area contributed by atoms with Gasteiger partial charge in [0.05, 0.1) is 0 Å². The number of carbonyl (C=O) groups excluding carboxylic acids is 1. The van der Waals surface area contributed by atoms with Crippen molar-refractivity contribution in [3.05, 3.63) is 0 Å². The number of ether oxygens (including phenoxy) is 1. The molecule has 0 aromatic rings. The molecule has 1 N–H and O–H groups in total. The van der Waals surface area contributed by atoms with Crippen LogP contribution >= 0.6 is 0 Å². The molecule has 2 aliphatic heterocycles. The predicted molar refractivity (Wildman–Crippen MR) is 89.1 cm³/mol. The molecule has 0 radical (unpaired) electrons. The lowest BCUT2D eigenvalue weighted by atomic mass is 9.83. The molecule has 0 saturated carbocycles. The lowest BCUT2D eigenvalue weighted by molar-refractivity contribution is 0.0227. The van der Waals surface area contributed by atoms with Crippen LogP contribution in [0, 0.1) is 0 Å². The Kier molecular flexibility index (Phi) is 5.72. The maximum absolute atomic E-state index is 12.3. The Balaban J connectivity index is 1.95. The van der Waals surface area contributed by atoms with Crippen molar-refractivity contribution >= 4 is 6.09 Å². The molecule has 0 aromatic carbocycles. The summed E-state index contributed by atoms with van der Waals surface area (Å²) < 4.78 is 5.52. The lowest BCUT2D eigenvalue weighted by Crippen LogP contribution is -2.55. The highest BCUT2D eigenvalue weighted by atomic mass is 16.6. The minimum atomic E-state index is -0.414. The summed E-state index contributed by atoms with van der Waals surface area (Å²) in [5, 5.41) is 3.47. The number of nitrogens with one attached hydrogen (secondary N) is 1. The second-order valence-electron chi connectivity index (χ2n) is 7.64. The van der Waals surface area contributed by atoms with E-state index >= 15 is 0 Å². The molecular weight excluding hydrogens is 278 g/mol. The number of hydrogen-bond acceptors (Lipinski definition) is 4. The van der Waals surface area contributed by atoms with E-state index in [1.54, 1.807) is 0 Å². The van der Waals surface area contributed by atoms with E-state index in [1.165, 1.54) is 19.3 Å². The van der Waals surface area contributed by atoms with Crippen LogP contribution in [0.2, 0.25) is 0 Å². The van der Waals surface area contributed by atoms with Gasteiger partial charge in [0.2, 0.25) is 0 Å². The van der Waals surface area contributed by atoms with Crippen molar-refractivity contribution in [2.24, 2.45) is 0 Å². The van der Waals surface area contributed by atoms with Crippen molar-refractivity contribution in [2.75, 3.05) is 39.3 Å². The number of nitrogens with zero attached hydrogens (tertiary/aromatic N) is 2. The highest BCUT2D eigenvalue weighted by Crippen LogP contribution is 2.30. The van der Waals surface area contributed by atoms with Gasteiger partial charge in [0.15, 0.2) is 0 Å². The molecule has 0 unspecified atom stereocenters. The predicted octanol–water partition coefficient (Wildman–Crippen LogP) is 2.46. The normalized spacial score (nSPS) is 23.9. The first-order chi connectivity index (χ1) is 10.4. The molecule has 0 aromatic heterocycles. The molecule has 0 spiro atoms. The van der Waals surface area contributed by atoms with Crippen LogP contribution in [-0.2, 0) is 4.74 Å². The molecule has 128 valence electrons. The highest BCUT2D eigenvalue weighted by Gasteiger charge is 2.37. The van der Waals surface area contributed by atoms with Gasteiger partial charge < -0.3 is 15.0 Å². The molecule has 0 atom stereocenters. The zero-order valence-electron chi connectivity index (χ0n) is 14.8. The molecule has 2 rings (SSSR count). The maximum atomic E-state index is 12.3. The van der Waals surface area contributed by atoms with E-state index in [9.17, 15) is 4.79 Å². The van der Waals surface area contributed by atoms with Crippen LogP contribution in [0.3, 0.4) is 0 Å². The van der Waals surface area contributed by atoms with E-state index in [0.717, 1.165) is 45.7 Å². The Morgan fingerprint density at radius 3 is 2.41 bits per heavy atom. The summed E-state index contributed by atoms with van der Waals surface area (Å²) in [6.07, 6.45) is 4.51. The molecule has 1 amide bonds. The highest BCUT2D eigenvalue weighted by molar-refractivity contribution is 5.68. The molecule has 2 saturated heterocycles. The third-order valence-electron chi connectivity index (χ3n) is 5.01. The van der Waals surface area contributed by atoms with E-state index in [-0.39, 0.29) is 6.09 Å². The van der Waals surface area contributed by atoms with Crippen molar-refractivity contribution in [1.82, 2.24) is 15.1 Å².